The summed E-state index contributed by atoms with van der Waals surface area (Å²) in [7, 11) is 0. The van der Waals surface area contributed by atoms with E-state index in [0.717, 1.165) is 17.3 Å². The first-order valence-electron chi connectivity index (χ1n) is 5.43. The van der Waals surface area contributed by atoms with Crippen LogP contribution in [0.2, 0.25) is 0 Å². The van der Waals surface area contributed by atoms with Crippen LogP contribution in [0.4, 0.5) is 15.8 Å². The zero-order valence-electron chi connectivity index (χ0n) is 9.77. The minimum atomic E-state index is -1.09. The second kappa shape index (κ2) is 4.87. The van der Waals surface area contributed by atoms with Gasteiger partial charge in [0.15, 0.2) is 0 Å². The van der Waals surface area contributed by atoms with Gasteiger partial charge in [-0.05, 0) is 36.8 Å². The van der Waals surface area contributed by atoms with E-state index in [0.29, 0.717) is 0 Å². The van der Waals surface area contributed by atoms with Crippen molar-refractivity contribution in [3.8, 4) is 0 Å². The Hall–Kier alpha value is -2.36. The van der Waals surface area contributed by atoms with Crippen molar-refractivity contribution in [2.45, 2.75) is 6.92 Å². The molecule has 0 saturated carbocycles. The van der Waals surface area contributed by atoms with Gasteiger partial charge in [0.2, 0.25) is 0 Å². The number of nitrogens with one attached hydrogen (secondary N) is 1. The van der Waals surface area contributed by atoms with Gasteiger partial charge in [0.05, 0.1) is 11.3 Å². The fourth-order valence-corrected chi connectivity index (χ4v) is 1.66. The summed E-state index contributed by atoms with van der Waals surface area (Å²) >= 11 is 0. The number of hydrogen-bond acceptors (Lipinski definition) is 2. The molecule has 0 aliphatic carbocycles. The van der Waals surface area contributed by atoms with Crippen molar-refractivity contribution < 1.29 is 14.3 Å². The number of hydrogen-bond donors (Lipinski definition) is 2. The molecule has 0 aromatic heterocycles. The quantitative estimate of drug-likeness (QED) is 0.869. The molecule has 0 atom stereocenters. The minimum Gasteiger partial charge on any atom is -0.478 e. The van der Waals surface area contributed by atoms with Gasteiger partial charge in [0, 0.05) is 5.69 Å². The van der Waals surface area contributed by atoms with E-state index in [1.807, 2.05) is 31.2 Å². The molecule has 3 nitrogen and oxygen atoms in total. The Morgan fingerprint density at radius 3 is 2.56 bits per heavy atom. The Morgan fingerprint density at radius 1 is 1.17 bits per heavy atom. The number of para-hydroxylation sites is 1. The molecule has 2 aromatic rings. The molecule has 18 heavy (non-hydrogen) atoms. The summed E-state index contributed by atoms with van der Waals surface area (Å²) in [5.74, 6) is -1.57. The van der Waals surface area contributed by atoms with Crippen molar-refractivity contribution >= 4 is 17.3 Å². The summed E-state index contributed by atoms with van der Waals surface area (Å²) in [5, 5.41) is 12.0. The molecule has 2 rings (SSSR count). The van der Waals surface area contributed by atoms with Crippen molar-refractivity contribution in [3.63, 3.8) is 0 Å². The molecule has 0 saturated heterocycles. The Bertz CT molecular complexity index is 596. The molecule has 0 aliphatic rings. The number of benzene rings is 2. The summed E-state index contributed by atoms with van der Waals surface area (Å²) in [6.07, 6.45) is 0. The molecule has 2 aromatic carbocycles. The third-order valence-corrected chi connectivity index (χ3v) is 2.63. The minimum absolute atomic E-state index is 0.0413. The molecule has 2 N–H and O–H groups in total. The number of carbonyl (C=O) groups is 1. The molecule has 0 heterocycles. The molecule has 0 aliphatic heterocycles. The van der Waals surface area contributed by atoms with Crippen molar-refractivity contribution in [3.05, 3.63) is 59.4 Å². The van der Waals surface area contributed by atoms with Crippen LogP contribution in [0.1, 0.15) is 15.9 Å². The second-order valence-electron chi connectivity index (χ2n) is 3.93. The lowest BCUT2D eigenvalue weighted by atomic mass is 10.1. The Labute approximate surface area is 104 Å². The van der Waals surface area contributed by atoms with Crippen LogP contribution in [0.5, 0.6) is 0 Å². The fourth-order valence-electron chi connectivity index (χ4n) is 1.66. The van der Waals surface area contributed by atoms with Crippen molar-refractivity contribution in [2.75, 3.05) is 5.32 Å². The third kappa shape index (κ3) is 2.48. The average molecular weight is 245 g/mol. The van der Waals surface area contributed by atoms with Crippen LogP contribution >= 0.6 is 0 Å². The highest BCUT2D eigenvalue weighted by molar-refractivity contribution is 5.95. The molecule has 0 spiro atoms. The summed E-state index contributed by atoms with van der Waals surface area (Å²) in [4.78, 5) is 11.0. The normalized spacial score (nSPS) is 10.1. The van der Waals surface area contributed by atoms with Crippen LogP contribution in [0.25, 0.3) is 0 Å². The van der Waals surface area contributed by atoms with E-state index < -0.39 is 11.8 Å². The van der Waals surface area contributed by atoms with E-state index in [4.69, 9.17) is 5.11 Å². The second-order valence-corrected chi connectivity index (χ2v) is 3.93. The smallest absolute Gasteiger partial charge is 0.337 e. The van der Waals surface area contributed by atoms with Gasteiger partial charge in [-0.3, -0.25) is 0 Å². The highest BCUT2D eigenvalue weighted by Gasteiger charge is 2.11. The number of halogens is 1. The zero-order chi connectivity index (χ0) is 13.1. The molecular weight excluding hydrogens is 233 g/mol. The Kier molecular flexibility index (Phi) is 3.28. The molecule has 4 heteroatoms. The monoisotopic (exact) mass is 245 g/mol. The maximum absolute atomic E-state index is 13.2. The molecule has 0 unspecified atom stereocenters. The lowest BCUT2D eigenvalue weighted by Crippen LogP contribution is -2.03. The van der Waals surface area contributed by atoms with E-state index in [1.54, 1.807) is 0 Å². The van der Waals surface area contributed by atoms with Crippen LogP contribution in [-0.4, -0.2) is 11.1 Å². The average Bonchev–Trinajstić information content (AvgIpc) is 2.32. The Balaban J connectivity index is 2.42. The summed E-state index contributed by atoms with van der Waals surface area (Å²) < 4.78 is 13.2. The molecule has 0 bridgehead atoms. The maximum Gasteiger partial charge on any atom is 0.337 e. The number of anilines is 2. The van der Waals surface area contributed by atoms with E-state index in [-0.39, 0.29) is 11.3 Å². The molecule has 92 valence electrons. The molecule has 0 amide bonds. The lowest BCUT2D eigenvalue weighted by Gasteiger charge is -2.11. The van der Waals surface area contributed by atoms with E-state index in [1.165, 1.54) is 12.1 Å². The first-order valence-corrected chi connectivity index (χ1v) is 5.43. The van der Waals surface area contributed by atoms with Crippen LogP contribution in [0.3, 0.4) is 0 Å². The van der Waals surface area contributed by atoms with Crippen molar-refractivity contribution in [1.29, 1.82) is 0 Å². The summed E-state index contributed by atoms with van der Waals surface area (Å²) in [5.41, 5.74) is 2.00. The van der Waals surface area contributed by atoms with Gasteiger partial charge in [-0.1, -0.05) is 18.2 Å². The van der Waals surface area contributed by atoms with Gasteiger partial charge in [0.25, 0.3) is 0 Å². The molecular formula is C14H12FNO2. The number of aryl methyl sites for hydroxylation is 1. The highest BCUT2D eigenvalue weighted by atomic mass is 19.1. The number of aromatic carboxylic acids is 1. The van der Waals surface area contributed by atoms with Crippen LogP contribution in [0.15, 0.2) is 42.5 Å². The topological polar surface area (TPSA) is 49.3 Å². The number of carboxylic acid groups (broad SMARTS) is 1. The summed E-state index contributed by atoms with van der Waals surface area (Å²) in [6, 6.07) is 11.0. The SMILES string of the molecule is Cc1ccccc1Nc1cc(F)ccc1C(=O)O. The predicted octanol–water partition coefficient (Wildman–Crippen LogP) is 3.58. The van der Waals surface area contributed by atoms with E-state index in [9.17, 15) is 9.18 Å². The van der Waals surface area contributed by atoms with Crippen LogP contribution < -0.4 is 5.32 Å². The maximum atomic E-state index is 13.2. The van der Waals surface area contributed by atoms with E-state index in [2.05, 4.69) is 5.32 Å². The Morgan fingerprint density at radius 2 is 1.89 bits per heavy atom. The predicted molar refractivity (Wildman–Crippen MR) is 67.8 cm³/mol. The van der Waals surface area contributed by atoms with Gasteiger partial charge < -0.3 is 10.4 Å². The highest BCUT2D eigenvalue weighted by Crippen LogP contribution is 2.24. The standard InChI is InChI=1S/C14H12FNO2/c1-9-4-2-3-5-12(9)16-13-8-10(15)6-7-11(13)14(17)18/h2-8,16H,1H3,(H,17,18). The van der Waals surface area contributed by atoms with Crippen molar-refractivity contribution in [1.82, 2.24) is 0 Å². The van der Waals surface area contributed by atoms with Gasteiger partial charge in [-0.25, -0.2) is 9.18 Å². The number of carboxylic acids is 1. The van der Waals surface area contributed by atoms with E-state index >= 15 is 0 Å². The van der Waals surface area contributed by atoms with Gasteiger partial charge in [0.1, 0.15) is 5.82 Å². The van der Waals surface area contributed by atoms with Gasteiger partial charge in [-0.2, -0.15) is 0 Å². The molecule has 0 fully saturated rings. The van der Waals surface area contributed by atoms with Gasteiger partial charge >= 0.3 is 5.97 Å². The first-order chi connectivity index (χ1) is 8.58. The third-order valence-electron chi connectivity index (χ3n) is 2.63. The number of rotatable bonds is 3. The van der Waals surface area contributed by atoms with Crippen molar-refractivity contribution in [2.24, 2.45) is 0 Å². The van der Waals surface area contributed by atoms with Crippen LogP contribution in [0, 0.1) is 12.7 Å². The summed E-state index contributed by atoms with van der Waals surface area (Å²) in [6.45, 7) is 1.89. The largest absolute Gasteiger partial charge is 0.478 e. The zero-order valence-corrected chi connectivity index (χ0v) is 9.77. The fraction of sp³-hybridized carbons (Fsp3) is 0.0714. The van der Waals surface area contributed by atoms with Gasteiger partial charge in [-0.15, -0.1) is 0 Å². The molecule has 0 radical (unpaired) electrons. The lowest BCUT2D eigenvalue weighted by molar-refractivity contribution is 0.0698. The van der Waals surface area contributed by atoms with Crippen LogP contribution in [-0.2, 0) is 0 Å². The first kappa shape index (κ1) is 12.1.